The zero-order valence-electron chi connectivity index (χ0n) is 14.8. The molecule has 0 aromatic carbocycles. The van der Waals surface area contributed by atoms with Crippen LogP contribution in [0.3, 0.4) is 0 Å². The summed E-state index contributed by atoms with van der Waals surface area (Å²) in [5.41, 5.74) is 0.517. The first-order chi connectivity index (χ1) is 10.1. The number of hydrogen-bond donors (Lipinski definition) is 1. The average molecular weight is 296 g/mol. The summed E-state index contributed by atoms with van der Waals surface area (Å²) in [6.45, 7) is 11.0. The van der Waals surface area contributed by atoms with Gasteiger partial charge in [-0.3, -0.25) is 0 Å². The average Bonchev–Trinajstić information content (AvgIpc) is 2.47. The molecule has 1 saturated heterocycles. The number of nitrogens with one attached hydrogen (secondary N) is 1. The molecule has 0 radical (unpaired) electrons. The standard InChI is InChI=1S/C18H37N3/c1-5-21-11-8-17(9-12-21)20(4)15-18(14-19-3)10-6-7-16(2)13-18/h16-17,19H,5-15H2,1-4H3. The Bertz CT molecular complexity index is 295. The van der Waals surface area contributed by atoms with Crippen LogP contribution in [-0.4, -0.2) is 62.7 Å². The minimum Gasteiger partial charge on any atom is -0.319 e. The van der Waals surface area contributed by atoms with Crippen LogP contribution < -0.4 is 5.32 Å². The molecule has 0 aromatic rings. The van der Waals surface area contributed by atoms with E-state index in [1.54, 1.807) is 0 Å². The molecule has 2 fully saturated rings. The normalized spacial score (nSPS) is 32.7. The number of rotatable bonds is 6. The summed E-state index contributed by atoms with van der Waals surface area (Å²) in [6, 6.07) is 0.804. The predicted octanol–water partition coefficient (Wildman–Crippen LogP) is 2.82. The molecule has 1 N–H and O–H groups in total. The van der Waals surface area contributed by atoms with Crippen molar-refractivity contribution in [1.82, 2.24) is 15.1 Å². The van der Waals surface area contributed by atoms with Crippen LogP contribution >= 0.6 is 0 Å². The Morgan fingerprint density at radius 1 is 1.24 bits per heavy atom. The Hall–Kier alpha value is -0.120. The highest BCUT2D eigenvalue weighted by molar-refractivity contribution is 4.91. The first-order valence-electron chi connectivity index (χ1n) is 9.16. The molecule has 0 spiro atoms. The molecular weight excluding hydrogens is 258 g/mol. The Labute approximate surface area is 132 Å². The van der Waals surface area contributed by atoms with Crippen LogP contribution in [0.2, 0.25) is 0 Å². The fraction of sp³-hybridized carbons (Fsp3) is 1.00. The third-order valence-electron chi connectivity index (χ3n) is 5.95. The van der Waals surface area contributed by atoms with Crippen molar-refractivity contribution in [1.29, 1.82) is 0 Å². The van der Waals surface area contributed by atoms with Crippen LogP contribution in [0.25, 0.3) is 0 Å². The Morgan fingerprint density at radius 2 is 1.95 bits per heavy atom. The van der Waals surface area contributed by atoms with Crippen LogP contribution in [-0.2, 0) is 0 Å². The van der Waals surface area contributed by atoms with Crippen LogP contribution in [0, 0.1) is 11.3 Å². The second kappa shape index (κ2) is 7.94. The Balaban J connectivity index is 1.90. The van der Waals surface area contributed by atoms with Gasteiger partial charge in [-0.1, -0.05) is 26.7 Å². The van der Waals surface area contributed by atoms with Gasteiger partial charge in [0.05, 0.1) is 0 Å². The lowest BCUT2D eigenvalue weighted by Gasteiger charge is -2.45. The van der Waals surface area contributed by atoms with Crippen molar-refractivity contribution in [2.45, 2.75) is 58.4 Å². The van der Waals surface area contributed by atoms with Crippen LogP contribution in [0.15, 0.2) is 0 Å². The van der Waals surface area contributed by atoms with E-state index in [-0.39, 0.29) is 0 Å². The SMILES string of the molecule is CCN1CCC(N(C)CC2(CNC)CCCC(C)C2)CC1. The number of piperidine rings is 1. The summed E-state index contributed by atoms with van der Waals surface area (Å²) >= 11 is 0. The molecule has 2 aliphatic rings. The maximum atomic E-state index is 3.49. The predicted molar refractivity (Wildman–Crippen MR) is 91.8 cm³/mol. The van der Waals surface area contributed by atoms with E-state index in [1.165, 1.54) is 71.2 Å². The van der Waals surface area contributed by atoms with Crippen molar-refractivity contribution in [3.8, 4) is 0 Å². The first kappa shape index (κ1) is 17.2. The van der Waals surface area contributed by atoms with Gasteiger partial charge in [-0.25, -0.2) is 0 Å². The molecule has 0 amide bonds. The summed E-state index contributed by atoms with van der Waals surface area (Å²) in [5.74, 6) is 0.905. The van der Waals surface area contributed by atoms with E-state index >= 15 is 0 Å². The highest BCUT2D eigenvalue weighted by Gasteiger charge is 2.36. The molecule has 2 unspecified atom stereocenters. The minimum atomic E-state index is 0.517. The van der Waals surface area contributed by atoms with Crippen LogP contribution in [0.5, 0.6) is 0 Å². The van der Waals surface area contributed by atoms with Gasteiger partial charge in [0.1, 0.15) is 0 Å². The Kier molecular flexibility index (Phi) is 6.51. The van der Waals surface area contributed by atoms with E-state index in [0.29, 0.717) is 5.41 Å². The van der Waals surface area contributed by atoms with Gasteiger partial charge < -0.3 is 15.1 Å². The molecule has 1 heterocycles. The molecule has 1 aliphatic heterocycles. The number of likely N-dealkylation sites (tertiary alicyclic amines) is 1. The number of nitrogens with zero attached hydrogens (tertiary/aromatic N) is 2. The second-order valence-electron chi connectivity index (χ2n) is 7.81. The van der Waals surface area contributed by atoms with Gasteiger partial charge in [-0.15, -0.1) is 0 Å². The molecule has 1 aliphatic carbocycles. The molecule has 0 aromatic heterocycles. The number of hydrogen-bond acceptors (Lipinski definition) is 3. The molecule has 3 heteroatoms. The van der Waals surface area contributed by atoms with Crippen molar-refractivity contribution in [3.63, 3.8) is 0 Å². The lowest BCUT2D eigenvalue weighted by atomic mass is 9.69. The lowest BCUT2D eigenvalue weighted by Crippen LogP contribution is -2.50. The van der Waals surface area contributed by atoms with Gasteiger partial charge in [0.25, 0.3) is 0 Å². The molecule has 3 nitrogen and oxygen atoms in total. The van der Waals surface area contributed by atoms with Gasteiger partial charge in [0.2, 0.25) is 0 Å². The van der Waals surface area contributed by atoms with Crippen molar-refractivity contribution in [3.05, 3.63) is 0 Å². The quantitative estimate of drug-likeness (QED) is 0.813. The summed E-state index contributed by atoms with van der Waals surface area (Å²) in [7, 11) is 4.50. The first-order valence-corrected chi connectivity index (χ1v) is 9.16. The fourth-order valence-electron chi connectivity index (χ4n) is 4.84. The molecule has 21 heavy (non-hydrogen) atoms. The van der Waals surface area contributed by atoms with Gasteiger partial charge >= 0.3 is 0 Å². The van der Waals surface area contributed by atoms with E-state index < -0.39 is 0 Å². The Morgan fingerprint density at radius 3 is 2.52 bits per heavy atom. The van der Waals surface area contributed by atoms with E-state index in [2.05, 4.69) is 43.1 Å². The van der Waals surface area contributed by atoms with Gasteiger partial charge in [0.15, 0.2) is 0 Å². The smallest absolute Gasteiger partial charge is 0.0117 e. The van der Waals surface area contributed by atoms with Gasteiger partial charge in [0, 0.05) is 19.1 Å². The molecule has 0 bridgehead atoms. The molecule has 2 atom stereocenters. The third-order valence-corrected chi connectivity index (χ3v) is 5.95. The third kappa shape index (κ3) is 4.67. The van der Waals surface area contributed by atoms with Crippen molar-refractivity contribution >= 4 is 0 Å². The maximum Gasteiger partial charge on any atom is 0.0117 e. The molecule has 124 valence electrons. The largest absolute Gasteiger partial charge is 0.319 e. The lowest BCUT2D eigenvalue weighted by molar-refractivity contribution is 0.0525. The topological polar surface area (TPSA) is 18.5 Å². The van der Waals surface area contributed by atoms with E-state index in [9.17, 15) is 0 Å². The second-order valence-corrected chi connectivity index (χ2v) is 7.81. The van der Waals surface area contributed by atoms with E-state index in [4.69, 9.17) is 0 Å². The summed E-state index contributed by atoms with van der Waals surface area (Å²) in [6.07, 6.45) is 8.39. The molecular formula is C18H37N3. The van der Waals surface area contributed by atoms with Gasteiger partial charge in [-0.05, 0) is 70.7 Å². The van der Waals surface area contributed by atoms with Gasteiger partial charge in [-0.2, -0.15) is 0 Å². The highest BCUT2D eigenvalue weighted by atomic mass is 15.2. The van der Waals surface area contributed by atoms with E-state index in [1.807, 2.05) is 0 Å². The zero-order chi connectivity index (χ0) is 15.3. The fourth-order valence-corrected chi connectivity index (χ4v) is 4.84. The van der Waals surface area contributed by atoms with Crippen LogP contribution in [0.1, 0.15) is 52.4 Å². The minimum absolute atomic E-state index is 0.517. The summed E-state index contributed by atoms with van der Waals surface area (Å²) in [4.78, 5) is 5.29. The maximum absolute atomic E-state index is 3.49. The molecule has 2 rings (SSSR count). The van der Waals surface area contributed by atoms with E-state index in [0.717, 1.165) is 12.0 Å². The van der Waals surface area contributed by atoms with Crippen molar-refractivity contribution in [2.24, 2.45) is 11.3 Å². The highest BCUT2D eigenvalue weighted by Crippen LogP contribution is 2.40. The molecule has 1 saturated carbocycles. The van der Waals surface area contributed by atoms with Crippen molar-refractivity contribution < 1.29 is 0 Å². The summed E-state index contributed by atoms with van der Waals surface area (Å²) < 4.78 is 0. The summed E-state index contributed by atoms with van der Waals surface area (Å²) in [5, 5.41) is 3.49. The zero-order valence-corrected chi connectivity index (χ0v) is 14.8. The van der Waals surface area contributed by atoms with Crippen molar-refractivity contribution in [2.75, 3.05) is 46.8 Å². The monoisotopic (exact) mass is 295 g/mol. The van der Waals surface area contributed by atoms with Crippen LogP contribution in [0.4, 0.5) is 0 Å².